The number of imide groups is 1. The van der Waals surface area contributed by atoms with Gasteiger partial charge in [0.1, 0.15) is 18.2 Å². The summed E-state index contributed by atoms with van der Waals surface area (Å²) in [7, 11) is 0. The van der Waals surface area contributed by atoms with Gasteiger partial charge in [-0.15, -0.1) is 0 Å². The van der Waals surface area contributed by atoms with E-state index in [4.69, 9.17) is 15.2 Å². The molecule has 0 radical (unpaired) electrons. The molecule has 9 nitrogen and oxygen atoms in total. The van der Waals surface area contributed by atoms with E-state index in [1.807, 2.05) is 18.2 Å². The fourth-order valence-corrected chi connectivity index (χ4v) is 4.78. The molecular formula is C20H24N4O5. The fraction of sp³-hybridized carbons (Fsp3) is 0.550. The zero-order chi connectivity index (χ0) is 20.1. The topological polar surface area (TPSA) is 123 Å². The normalized spacial score (nSPS) is 33.8. The quantitative estimate of drug-likeness (QED) is 0.556. The van der Waals surface area contributed by atoms with Gasteiger partial charge in [0.2, 0.25) is 11.8 Å². The molecule has 0 saturated carbocycles. The molecule has 29 heavy (non-hydrogen) atoms. The lowest BCUT2D eigenvalue weighted by Crippen LogP contribution is -2.52. The van der Waals surface area contributed by atoms with Crippen LogP contribution in [0.2, 0.25) is 0 Å². The van der Waals surface area contributed by atoms with Crippen molar-refractivity contribution in [1.29, 1.82) is 0 Å². The first kappa shape index (κ1) is 18.7. The third-order valence-electron chi connectivity index (χ3n) is 6.29. The van der Waals surface area contributed by atoms with Crippen LogP contribution in [0.3, 0.4) is 0 Å². The predicted molar refractivity (Wildman–Crippen MR) is 101 cm³/mol. The number of nitrogens with zero attached hydrogens (tertiary/aromatic N) is 1. The number of piperidine rings is 1. The number of rotatable bonds is 4. The number of amides is 3. The third-order valence-corrected chi connectivity index (χ3v) is 6.29. The Hall–Kier alpha value is -2.33. The van der Waals surface area contributed by atoms with Crippen LogP contribution < -0.4 is 16.4 Å². The highest BCUT2D eigenvalue weighted by molar-refractivity contribution is 6.05. The summed E-state index contributed by atoms with van der Waals surface area (Å²) in [6.45, 7) is 1.89. The van der Waals surface area contributed by atoms with Crippen LogP contribution in [0.15, 0.2) is 18.2 Å². The lowest BCUT2D eigenvalue weighted by Gasteiger charge is -2.29. The van der Waals surface area contributed by atoms with Crippen LogP contribution in [-0.4, -0.2) is 66.2 Å². The number of benzene rings is 1. The van der Waals surface area contributed by atoms with Crippen LogP contribution in [0.1, 0.15) is 34.3 Å². The molecule has 4 aliphatic heterocycles. The highest BCUT2D eigenvalue weighted by Crippen LogP contribution is 2.31. The maximum Gasteiger partial charge on any atom is 0.255 e. The molecule has 0 aliphatic carbocycles. The summed E-state index contributed by atoms with van der Waals surface area (Å²) in [4.78, 5) is 38.4. The highest BCUT2D eigenvalue weighted by Gasteiger charge is 2.46. The van der Waals surface area contributed by atoms with Crippen molar-refractivity contribution < 1.29 is 23.9 Å². The Balaban J connectivity index is 1.30. The van der Waals surface area contributed by atoms with Crippen LogP contribution in [0.25, 0.3) is 0 Å². The Morgan fingerprint density at radius 2 is 2.00 bits per heavy atom. The average Bonchev–Trinajstić information content (AvgIpc) is 3.36. The van der Waals surface area contributed by atoms with Crippen LogP contribution in [0, 0.1) is 0 Å². The van der Waals surface area contributed by atoms with E-state index in [0.29, 0.717) is 38.3 Å². The van der Waals surface area contributed by atoms with Gasteiger partial charge in [0.05, 0.1) is 25.3 Å². The largest absolute Gasteiger partial charge is 0.372 e. The summed E-state index contributed by atoms with van der Waals surface area (Å²) in [5.74, 6) is -0.844. The predicted octanol–water partition coefficient (Wildman–Crippen LogP) is -0.969. The Kier molecular flexibility index (Phi) is 4.62. The maximum atomic E-state index is 13.1. The van der Waals surface area contributed by atoms with E-state index in [1.165, 1.54) is 0 Å². The van der Waals surface area contributed by atoms with E-state index in [9.17, 15) is 14.4 Å². The Morgan fingerprint density at radius 3 is 2.83 bits per heavy atom. The molecule has 154 valence electrons. The summed E-state index contributed by atoms with van der Waals surface area (Å²) < 4.78 is 11.5. The minimum Gasteiger partial charge on any atom is -0.372 e. The zero-order valence-electron chi connectivity index (χ0n) is 15.9. The van der Waals surface area contributed by atoms with Crippen molar-refractivity contribution in [1.82, 2.24) is 15.5 Å². The van der Waals surface area contributed by atoms with Crippen molar-refractivity contribution in [3.05, 3.63) is 34.9 Å². The van der Waals surface area contributed by atoms with Crippen LogP contribution in [0.4, 0.5) is 0 Å². The van der Waals surface area contributed by atoms with E-state index in [1.54, 1.807) is 4.90 Å². The first-order valence-electron chi connectivity index (χ1n) is 10.0. The fourth-order valence-electron chi connectivity index (χ4n) is 4.78. The molecular weight excluding hydrogens is 376 g/mol. The Bertz CT molecular complexity index is 874. The number of hydrogen-bond donors (Lipinski definition) is 3. The van der Waals surface area contributed by atoms with Gasteiger partial charge in [-0.05, 0) is 17.5 Å². The molecule has 9 heteroatoms. The van der Waals surface area contributed by atoms with Gasteiger partial charge in [-0.1, -0.05) is 18.2 Å². The SMILES string of the molecule is N[C@H]1CO[C@H]2[C@@H]1OC[C@@H]2NCc1cccc2c1C(=O)N(C1CCC(=O)NC1=O)C2. The van der Waals surface area contributed by atoms with E-state index in [2.05, 4.69) is 10.6 Å². The lowest BCUT2D eigenvalue weighted by molar-refractivity contribution is -0.136. The minimum absolute atomic E-state index is 0.0205. The summed E-state index contributed by atoms with van der Waals surface area (Å²) in [5.41, 5.74) is 8.43. The Morgan fingerprint density at radius 1 is 1.17 bits per heavy atom. The van der Waals surface area contributed by atoms with Gasteiger partial charge in [0, 0.05) is 25.1 Å². The number of carbonyl (C=O) groups excluding carboxylic acids is 3. The van der Waals surface area contributed by atoms with Crippen molar-refractivity contribution in [3.8, 4) is 0 Å². The smallest absolute Gasteiger partial charge is 0.255 e. The second kappa shape index (κ2) is 7.17. The monoisotopic (exact) mass is 400 g/mol. The molecule has 0 aromatic heterocycles. The van der Waals surface area contributed by atoms with Gasteiger partial charge in [-0.3, -0.25) is 19.7 Å². The first-order valence-corrected chi connectivity index (χ1v) is 10.0. The van der Waals surface area contributed by atoms with Crippen LogP contribution in [-0.2, 0) is 32.2 Å². The minimum atomic E-state index is -0.606. The average molecular weight is 400 g/mol. The molecule has 1 aromatic rings. The summed E-state index contributed by atoms with van der Waals surface area (Å²) in [6.07, 6.45) is 0.450. The molecule has 5 rings (SSSR count). The second-order valence-corrected chi connectivity index (χ2v) is 8.10. The number of ether oxygens (including phenoxy) is 2. The Labute approximate surface area is 167 Å². The molecule has 4 aliphatic rings. The van der Waals surface area contributed by atoms with Gasteiger partial charge < -0.3 is 25.4 Å². The standard InChI is InChI=1S/C20H24N4O5/c21-12-8-28-18-13(9-29-17(12)18)22-6-10-2-1-3-11-7-24(20(27)16(10)11)14-4-5-15(25)23-19(14)26/h1-3,12-14,17-18,22H,4-9,21H2,(H,23,25,26)/t12-,13-,14?,17+,18+/m0/s1. The number of fused-ring (bicyclic) bond motifs is 2. The number of hydrogen-bond acceptors (Lipinski definition) is 7. The summed E-state index contributed by atoms with van der Waals surface area (Å²) in [5, 5.41) is 5.78. The molecule has 3 saturated heterocycles. The zero-order valence-corrected chi connectivity index (χ0v) is 15.9. The van der Waals surface area contributed by atoms with E-state index < -0.39 is 11.9 Å². The molecule has 3 amide bonds. The van der Waals surface area contributed by atoms with Crippen molar-refractivity contribution in [2.24, 2.45) is 5.73 Å². The highest BCUT2D eigenvalue weighted by atomic mass is 16.6. The van der Waals surface area contributed by atoms with Crippen molar-refractivity contribution >= 4 is 17.7 Å². The van der Waals surface area contributed by atoms with Crippen molar-refractivity contribution in [2.45, 2.75) is 56.3 Å². The van der Waals surface area contributed by atoms with Gasteiger partial charge in [0.25, 0.3) is 5.91 Å². The van der Waals surface area contributed by atoms with Gasteiger partial charge in [-0.2, -0.15) is 0 Å². The molecule has 3 fully saturated rings. The van der Waals surface area contributed by atoms with Crippen LogP contribution >= 0.6 is 0 Å². The van der Waals surface area contributed by atoms with E-state index >= 15 is 0 Å². The number of carbonyl (C=O) groups is 3. The van der Waals surface area contributed by atoms with Gasteiger partial charge in [-0.25, -0.2) is 0 Å². The molecule has 5 atom stereocenters. The summed E-state index contributed by atoms with van der Waals surface area (Å²) in [6, 6.07) is 5.07. The molecule has 4 N–H and O–H groups in total. The lowest BCUT2D eigenvalue weighted by atomic mass is 10.0. The number of nitrogens with two attached hydrogens (primary N) is 1. The molecule has 1 unspecified atom stereocenters. The van der Waals surface area contributed by atoms with Crippen molar-refractivity contribution in [3.63, 3.8) is 0 Å². The molecule has 0 spiro atoms. The number of nitrogens with one attached hydrogen (secondary N) is 2. The van der Waals surface area contributed by atoms with Crippen molar-refractivity contribution in [2.75, 3.05) is 13.2 Å². The third kappa shape index (κ3) is 3.14. The molecule has 4 heterocycles. The molecule has 1 aromatic carbocycles. The second-order valence-electron chi connectivity index (χ2n) is 8.10. The van der Waals surface area contributed by atoms with E-state index in [0.717, 1.165) is 11.1 Å². The maximum absolute atomic E-state index is 13.1. The first-order chi connectivity index (χ1) is 14.0. The molecule has 0 bridgehead atoms. The van der Waals surface area contributed by atoms with Crippen LogP contribution in [0.5, 0.6) is 0 Å². The van der Waals surface area contributed by atoms with E-state index in [-0.39, 0.29) is 42.5 Å². The summed E-state index contributed by atoms with van der Waals surface area (Å²) >= 11 is 0. The van der Waals surface area contributed by atoms with Gasteiger partial charge >= 0.3 is 0 Å². The van der Waals surface area contributed by atoms with Gasteiger partial charge in [0.15, 0.2) is 0 Å².